The summed E-state index contributed by atoms with van der Waals surface area (Å²) in [6.07, 6.45) is 3.20. The molecule has 172 valence electrons. The molecule has 1 aliphatic heterocycles. The van der Waals surface area contributed by atoms with E-state index in [4.69, 9.17) is 0 Å². The Hall–Kier alpha value is -3.45. The predicted octanol–water partition coefficient (Wildman–Crippen LogP) is 3.71. The van der Waals surface area contributed by atoms with Crippen LogP contribution in [0.1, 0.15) is 55.0 Å². The van der Waals surface area contributed by atoms with Gasteiger partial charge < -0.3 is 9.80 Å². The number of benzene rings is 2. The molecule has 2 aromatic carbocycles. The first-order chi connectivity index (χ1) is 16.1. The molecular weight excluding hydrogens is 412 g/mol. The topological polar surface area (TPSA) is 73.4 Å². The van der Waals surface area contributed by atoms with E-state index in [9.17, 15) is 4.79 Å². The summed E-state index contributed by atoms with van der Waals surface area (Å²) in [5.74, 6) is -0.284. The highest BCUT2D eigenvalue weighted by molar-refractivity contribution is 5.95. The van der Waals surface area contributed by atoms with E-state index in [-0.39, 0.29) is 5.91 Å². The number of hydrazine groups is 1. The zero-order valence-electron chi connectivity index (χ0n) is 19.8. The molecule has 1 amide bonds. The lowest BCUT2D eigenvalue weighted by Crippen LogP contribution is -2.59. The van der Waals surface area contributed by atoms with Crippen LogP contribution in [0.2, 0.25) is 0 Å². The van der Waals surface area contributed by atoms with Crippen molar-refractivity contribution >= 4 is 17.3 Å². The third-order valence-electron chi connectivity index (χ3n) is 6.49. The Labute approximate surface area is 195 Å². The Morgan fingerprint density at radius 3 is 1.64 bits per heavy atom. The van der Waals surface area contributed by atoms with Crippen LogP contribution in [0.25, 0.3) is 0 Å². The monoisotopic (exact) mass is 444 g/mol. The third-order valence-corrected chi connectivity index (χ3v) is 6.49. The van der Waals surface area contributed by atoms with Crippen molar-refractivity contribution in [2.45, 2.75) is 33.2 Å². The zero-order chi connectivity index (χ0) is 23.4. The fraction of sp³-hybridized carbons (Fsp3) is 0.346. The van der Waals surface area contributed by atoms with E-state index in [1.165, 1.54) is 0 Å². The molecule has 0 saturated heterocycles. The summed E-state index contributed by atoms with van der Waals surface area (Å²) in [6.45, 7) is 12.4. The molecule has 1 aliphatic rings. The Kier molecular flexibility index (Phi) is 6.60. The number of fused-ring (bicyclic) bond motifs is 1. The summed E-state index contributed by atoms with van der Waals surface area (Å²) in [6, 6.07) is 16.9. The number of nitrogens with zero attached hydrogens (tertiary/aromatic N) is 4. The van der Waals surface area contributed by atoms with E-state index in [2.05, 4.69) is 107 Å². The molecule has 0 bridgehead atoms. The molecule has 0 saturated carbocycles. The van der Waals surface area contributed by atoms with E-state index in [0.29, 0.717) is 11.4 Å². The SMILES string of the molecule is CCN(CC)c1ccc(C2(c3ccc(N(CC)CC)cc3)NNC(=O)c3nccnc32)cc1. The number of aromatic nitrogens is 2. The van der Waals surface area contributed by atoms with Crippen LogP contribution >= 0.6 is 0 Å². The number of rotatable bonds is 8. The molecule has 33 heavy (non-hydrogen) atoms. The van der Waals surface area contributed by atoms with E-state index in [1.807, 2.05) is 0 Å². The third kappa shape index (κ3) is 3.93. The molecule has 2 heterocycles. The van der Waals surface area contributed by atoms with Gasteiger partial charge in [0.05, 0.1) is 0 Å². The van der Waals surface area contributed by atoms with Crippen molar-refractivity contribution in [1.29, 1.82) is 0 Å². The first-order valence-corrected chi connectivity index (χ1v) is 11.7. The van der Waals surface area contributed by atoms with Gasteiger partial charge in [-0.1, -0.05) is 24.3 Å². The first kappa shape index (κ1) is 22.7. The molecular formula is C26H32N6O. The van der Waals surface area contributed by atoms with Gasteiger partial charge in [0.2, 0.25) is 0 Å². The van der Waals surface area contributed by atoms with Gasteiger partial charge in [-0.05, 0) is 63.1 Å². The lowest BCUT2D eigenvalue weighted by molar-refractivity contribution is 0.0888. The summed E-state index contributed by atoms with van der Waals surface area (Å²) < 4.78 is 0. The minimum Gasteiger partial charge on any atom is -0.372 e. The Bertz CT molecular complexity index is 1030. The van der Waals surface area contributed by atoms with Crippen molar-refractivity contribution in [2.75, 3.05) is 36.0 Å². The van der Waals surface area contributed by atoms with Crippen LogP contribution in [-0.2, 0) is 5.54 Å². The van der Waals surface area contributed by atoms with Gasteiger partial charge in [0.1, 0.15) is 11.2 Å². The highest BCUT2D eigenvalue weighted by Crippen LogP contribution is 2.39. The van der Waals surface area contributed by atoms with Crippen LogP contribution in [0.3, 0.4) is 0 Å². The van der Waals surface area contributed by atoms with E-state index >= 15 is 0 Å². The molecule has 0 radical (unpaired) electrons. The van der Waals surface area contributed by atoms with Crippen LogP contribution in [0, 0.1) is 0 Å². The maximum absolute atomic E-state index is 12.6. The maximum atomic E-state index is 12.6. The number of amides is 1. The van der Waals surface area contributed by atoms with E-state index in [0.717, 1.165) is 48.7 Å². The number of anilines is 2. The van der Waals surface area contributed by atoms with Gasteiger partial charge >= 0.3 is 0 Å². The number of carbonyl (C=O) groups excluding carboxylic acids is 1. The molecule has 3 aromatic rings. The molecule has 0 unspecified atom stereocenters. The van der Waals surface area contributed by atoms with Crippen LogP contribution in [0.5, 0.6) is 0 Å². The quantitative estimate of drug-likeness (QED) is 0.552. The summed E-state index contributed by atoms with van der Waals surface area (Å²) in [5.41, 5.74) is 10.5. The second-order valence-electron chi connectivity index (χ2n) is 8.02. The standard InChI is InChI=1S/C26H32N6O/c1-5-31(6-2)21-13-9-19(10-14-21)26(20-11-15-22(16-12-20)32(7-3)8-4)24-23(25(33)29-30-26)27-17-18-28-24/h9-18,30H,5-8H2,1-4H3,(H,29,33). The van der Waals surface area contributed by atoms with Crippen molar-refractivity contribution in [3.8, 4) is 0 Å². The van der Waals surface area contributed by atoms with Gasteiger partial charge in [0.25, 0.3) is 5.91 Å². The van der Waals surface area contributed by atoms with Crippen LogP contribution < -0.4 is 20.7 Å². The molecule has 4 rings (SSSR count). The normalized spacial score (nSPS) is 14.4. The molecule has 1 aromatic heterocycles. The highest BCUT2D eigenvalue weighted by atomic mass is 16.2. The van der Waals surface area contributed by atoms with Crippen LogP contribution in [0.15, 0.2) is 60.9 Å². The minimum atomic E-state index is -0.860. The molecule has 7 nitrogen and oxygen atoms in total. The molecule has 7 heteroatoms. The lowest BCUT2D eigenvalue weighted by atomic mass is 9.78. The van der Waals surface area contributed by atoms with Gasteiger partial charge in [-0.15, -0.1) is 0 Å². The largest absolute Gasteiger partial charge is 0.372 e. The summed E-state index contributed by atoms with van der Waals surface area (Å²) in [5, 5.41) is 0. The smallest absolute Gasteiger partial charge is 0.286 e. The number of hydrogen-bond donors (Lipinski definition) is 2. The predicted molar refractivity (Wildman–Crippen MR) is 133 cm³/mol. The number of hydrogen-bond acceptors (Lipinski definition) is 6. The van der Waals surface area contributed by atoms with E-state index in [1.54, 1.807) is 12.4 Å². The second-order valence-corrected chi connectivity index (χ2v) is 8.02. The number of carbonyl (C=O) groups is 1. The number of nitrogens with one attached hydrogen (secondary N) is 2. The molecule has 2 N–H and O–H groups in total. The zero-order valence-corrected chi connectivity index (χ0v) is 19.8. The average Bonchev–Trinajstić information content (AvgIpc) is 2.87. The Balaban J connectivity index is 1.88. The second kappa shape index (κ2) is 9.58. The fourth-order valence-corrected chi connectivity index (χ4v) is 4.65. The fourth-order valence-electron chi connectivity index (χ4n) is 4.65. The Morgan fingerprint density at radius 1 is 0.727 bits per heavy atom. The Morgan fingerprint density at radius 2 is 1.18 bits per heavy atom. The summed E-state index contributed by atoms with van der Waals surface area (Å²) >= 11 is 0. The van der Waals surface area contributed by atoms with Crippen molar-refractivity contribution in [2.24, 2.45) is 0 Å². The molecule has 0 aliphatic carbocycles. The van der Waals surface area contributed by atoms with Gasteiger partial charge in [0, 0.05) is 49.9 Å². The maximum Gasteiger partial charge on any atom is 0.286 e. The minimum absolute atomic E-state index is 0.284. The van der Waals surface area contributed by atoms with Gasteiger partial charge in [-0.2, -0.15) is 0 Å². The summed E-state index contributed by atoms with van der Waals surface area (Å²) in [4.78, 5) is 26.2. The molecule has 0 atom stereocenters. The van der Waals surface area contributed by atoms with Crippen molar-refractivity contribution in [3.05, 3.63) is 83.4 Å². The van der Waals surface area contributed by atoms with Crippen LogP contribution in [-0.4, -0.2) is 42.1 Å². The van der Waals surface area contributed by atoms with Gasteiger partial charge in [-0.25, -0.2) is 10.4 Å². The van der Waals surface area contributed by atoms with Crippen molar-refractivity contribution in [3.63, 3.8) is 0 Å². The van der Waals surface area contributed by atoms with Gasteiger partial charge in [-0.3, -0.25) is 15.2 Å². The molecule has 0 spiro atoms. The van der Waals surface area contributed by atoms with Gasteiger partial charge in [0.15, 0.2) is 5.69 Å². The van der Waals surface area contributed by atoms with Crippen LogP contribution in [0.4, 0.5) is 11.4 Å². The molecule has 0 fully saturated rings. The summed E-state index contributed by atoms with van der Waals surface area (Å²) in [7, 11) is 0. The van der Waals surface area contributed by atoms with Crippen molar-refractivity contribution < 1.29 is 4.79 Å². The highest BCUT2D eigenvalue weighted by Gasteiger charge is 2.45. The van der Waals surface area contributed by atoms with Crippen molar-refractivity contribution in [1.82, 2.24) is 20.8 Å². The average molecular weight is 445 g/mol. The lowest BCUT2D eigenvalue weighted by Gasteiger charge is -2.39. The van der Waals surface area contributed by atoms with E-state index < -0.39 is 5.54 Å². The first-order valence-electron chi connectivity index (χ1n) is 11.7.